The molecule has 3 rings (SSSR count). The largest absolute Gasteiger partial charge is 0.464 e. The molecule has 2 heterocycles. The Kier molecular flexibility index (Phi) is 2.84. The molecule has 0 N–H and O–H groups in total. The lowest BCUT2D eigenvalue weighted by molar-refractivity contribution is -0.117. The van der Waals surface area contributed by atoms with Crippen LogP contribution in [0.4, 0.5) is 5.69 Å². The first kappa shape index (κ1) is 11.4. The fourth-order valence-electron chi connectivity index (χ4n) is 2.22. The molecular weight excluding hydrogens is 250 g/mol. The summed E-state index contributed by atoms with van der Waals surface area (Å²) in [5, 5.41) is 0.625. The van der Waals surface area contributed by atoms with Gasteiger partial charge in [0.2, 0.25) is 5.91 Å². The molecule has 0 saturated carbocycles. The SMILES string of the molecule is O=C1CCCN1c1ccc(Cl)c(-c2ccco2)c1. The zero-order valence-corrected chi connectivity index (χ0v) is 10.5. The van der Waals surface area contributed by atoms with E-state index in [1.54, 1.807) is 17.2 Å². The predicted molar refractivity (Wildman–Crippen MR) is 70.7 cm³/mol. The lowest BCUT2D eigenvalue weighted by atomic mass is 10.1. The van der Waals surface area contributed by atoms with E-state index in [9.17, 15) is 4.79 Å². The van der Waals surface area contributed by atoms with Crippen LogP contribution in [0.5, 0.6) is 0 Å². The summed E-state index contributed by atoms with van der Waals surface area (Å²) in [5.41, 5.74) is 1.70. The first-order chi connectivity index (χ1) is 8.75. The molecule has 0 atom stereocenters. The predicted octanol–water partition coefficient (Wildman–Crippen LogP) is 3.73. The van der Waals surface area contributed by atoms with Gasteiger partial charge in [0.15, 0.2) is 0 Å². The summed E-state index contributed by atoms with van der Waals surface area (Å²) in [6.07, 6.45) is 3.15. The van der Waals surface area contributed by atoms with Gasteiger partial charge in [0.05, 0.1) is 11.3 Å². The Labute approximate surface area is 110 Å². The summed E-state index contributed by atoms with van der Waals surface area (Å²) in [6.45, 7) is 0.776. The normalized spacial score (nSPS) is 15.4. The molecule has 0 aliphatic carbocycles. The quantitative estimate of drug-likeness (QED) is 0.825. The molecule has 1 aromatic carbocycles. The smallest absolute Gasteiger partial charge is 0.227 e. The minimum Gasteiger partial charge on any atom is -0.464 e. The average molecular weight is 262 g/mol. The van der Waals surface area contributed by atoms with Crippen LogP contribution in [0.2, 0.25) is 5.02 Å². The van der Waals surface area contributed by atoms with Gasteiger partial charge in [-0.2, -0.15) is 0 Å². The Morgan fingerprint density at radius 3 is 2.83 bits per heavy atom. The van der Waals surface area contributed by atoms with Crippen LogP contribution in [-0.2, 0) is 4.79 Å². The topological polar surface area (TPSA) is 33.5 Å². The maximum atomic E-state index is 11.7. The molecule has 1 aliphatic rings. The van der Waals surface area contributed by atoms with E-state index in [2.05, 4.69) is 0 Å². The lowest BCUT2D eigenvalue weighted by Crippen LogP contribution is -2.23. The Morgan fingerprint density at radius 2 is 2.17 bits per heavy atom. The van der Waals surface area contributed by atoms with Crippen LogP contribution >= 0.6 is 11.6 Å². The van der Waals surface area contributed by atoms with Crippen LogP contribution in [0, 0.1) is 0 Å². The first-order valence-electron chi connectivity index (χ1n) is 5.89. The van der Waals surface area contributed by atoms with E-state index in [0.717, 1.165) is 24.2 Å². The van der Waals surface area contributed by atoms with Gasteiger partial charge >= 0.3 is 0 Å². The highest BCUT2D eigenvalue weighted by Gasteiger charge is 2.22. The van der Waals surface area contributed by atoms with Crippen molar-refractivity contribution in [2.75, 3.05) is 11.4 Å². The number of benzene rings is 1. The van der Waals surface area contributed by atoms with Crippen LogP contribution in [-0.4, -0.2) is 12.5 Å². The molecule has 4 heteroatoms. The average Bonchev–Trinajstić information content (AvgIpc) is 3.01. The Balaban J connectivity index is 2.03. The second kappa shape index (κ2) is 4.50. The number of furan rings is 1. The van der Waals surface area contributed by atoms with Gasteiger partial charge in [-0.05, 0) is 36.8 Å². The number of amides is 1. The van der Waals surface area contributed by atoms with Crippen LogP contribution in [0.3, 0.4) is 0 Å². The third-order valence-electron chi connectivity index (χ3n) is 3.12. The molecule has 0 unspecified atom stereocenters. The van der Waals surface area contributed by atoms with Crippen LogP contribution in [0.25, 0.3) is 11.3 Å². The van der Waals surface area contributed by atoms with Crippen molar-refractivity contribution in [3.05, 3.63) is 41.6 Å². The Bertz CT molecular complexity index is 577. The van der Waals surface area contributed by atoms with Crippen LogP contribution < -0.4 is 4.90 Å². The second-order valence-electron chi connectivity index (χ2n) is 4.29. The van der Waals surface area contributed by atoms with Crippen LogP contribution in [0.1, 0.15) is 12.8 Å². The second-order valence-corrected chi connectivity index (χ2v) is 4.70. The van der Waals surface area contributed by atoms with Crippen LogP contribution in [0.15, 0.2) is 41.0 Å². The van der Waals surface area contributed by atoms with E-state index in [-0.39, 0.29) is 5.91 Å². The Morgan fingerprint density at radius 1 is 1.28 bits per heavy atom. The van der Waals surface area contributed by atoms with E-state index >= 15 is 0 Å². The summed E-state index contributed by atoms with van der Waals surface area (Å²) < 4.78 is 5.36. The highest BCUT2D eigenvalue weighted by molar-refractivity contribution is 6.33. The first-order valence-corrected chi connectivity index (χ1v) is 6.27. The van der Waals surface area contributed by atoms with Crippen molar-refractivity contribution in [3.63, 3.8) is 0 Å². The van der Waals surface area contributed by atoms with Gasteiger partial charge in [-0.3, -0.25) is 4.79 Å². The van der Waals surface area contributed by atoms with E-state index in [1.807, 2.05) is 24.3 Å². The van der Waals surface area contributed by atoms with Gasteiger partial charge in [-0.1, -0.05) is 11.6 Å². The monoisotopic (exact) mass is 261 g/mol. The highest BCUT2D eigenvalue weighted by Crippen LogP contribution is 2.33. The minimum absolute atomic E-state index is 0.169. The number of hydrogen-bond donors (Lipinski definition) is 0. The maximum Gasteiger partial charge on any atom is 0.227 e. The van der Waals surface area contributed by atoms with Gasteiger partial charge in [0, 0.05) is 24.2 Å². The molecule has 1 saturated heterocycles. The van der Waals surface area contributed by atoms with Gasteiger partial charge in [-0.25, -0.2) is 0 Å². The summed E-state index contributed by atoms with van der Waals surface area (Å²) in [4.78, 5) is 13.5. The molecule has 0 radical (unpaired) electrons. The third-order valence-corrected chi connectivity index (χ3v) is 3.45. The number of rotatable bonds is 2. The zero-order chi connectivity index (χ0) is 12.5. The molecule has 1 amide bonds. The maximum absolute atomic E-state index is 11.7. The third kappa shape index (κ3) is 1.91. The van der Waals surface area contributed by atoms with E-state index < -0.39 is 0 Å². The summed E-state index contributed by atoms with van der Waals surface area (Å²) in [5.74, 6) is 0.885. The highest BCUT2D eigenvalue weighted by atomic mass is 35.5. The summed E-state index contributed by atoms with van der Waals surface area (Å²) in [7, 11) is 0. The minimum atomic E-state index is 0.169. The molecular formula is C14H12ClNO2. The van der Waals surface area contributed by atoms with Crippen molar-refractivity contribution < 1.29 is 9.21 Å². The fourth-order valence-corrected chi connectivity index (χ4v) is 2.43. The summed E-state index contributed by atoms with van der Waals surface area (Å²) >= 11 is 6.17. The van der Waals surface area contributed by atoms with Gasteiger partial charge in [0.25, 0.3) is 0 Å². The van der Waals surface area contributed by atoms with Gasteiger partial charge < -0.3 is 9.32 Å². The number of carbonyl (C=O) groups excluding carboxylic acids is 1. The standard InChI is InChI=1S/C14H12ClNO2/c15-12-6-5-10(16-7-1-4-14(16)17)9-11(12)13-3-2-8-18-13/h2-3,5-6,8-9H,1,4,7H2. The molecule has 1 aromatic heterocycles. The summed E-state index contributed by atoms with van der Waals surface area (Å²) in [6, 6.07) is 9.26. The van der Waals surface area contributed by atoms with Crippen molar-refractivity contribution in [2.45, 2.75) is 12.8 Å². The number of anilines is 1. The zero-order valence-electron chi connectivity index (χ0n) is 9.73. The lowest BCUT2D eigenvalue weighted by Gasteiger charge is -2.16. The molecule has 0 spiro atoms. The number of halogens is 1. The van der Waals surface area contributed by atoms with Crippen molar-refractivity contribution in [3.8, 4) is 11.3 Å². The van der Waals surface area contributed by atoms with E-state index in [0.29, 0.717) is 17.2 Å². The van der Waals surface area contributed by atoms with Crippen molar-refractivity contribution in [1.29, 1.82) is 0 Å². The van der Waals surface area contributed by atoms with Gasteiger partial charge in [-0.15, -0.1) is 0 Å². The molecule has 1 fully saturated rings. The molecule has 0 bridgehead atoms. The van der Waals surface area contributed by atoms with E-state index in [1.165, 1.54) is 0 Å². The van der Waals surface area contributed by atoms with Gasteiger partial charge in [0.1, 0.15) is 5.76 Å². The molecule has 92 valence electrons. The van der Waals surface area contributed by atoms with E-state index in [4.69, 9.17) is 16.0 Å². The fraction of sp³-hybridized carbons (Fsp3) is 0.214. The van der Waals surface area contributed by atoms with Crippen molar-refractivity contribution in [1.82, 2.24) is 0 Å². The number of nitrogens with zero attached hydrogens (tertiary/aromatic N) is 1. The Hall–Kier alpha value is -1.74. The van der Waals surface area contributed by atoms with Crippen molar-refractivity contribution in [2.24, 2.45) is 0 Å². The molecule has 18 heavy (non-hydrogen) atoms. The molecule has 3 nitrogen and oxygen atoms in total. The number of hydrogen-bond acceptors (Lipinski definition) is 2. The van der Waals surface area contributed by atoms with Crippen molar-refractivity contribution >= 4 is 23.2 Å². The number of carbonyl (C=O) groups is 1. The molecule has 2 aromatic rings. The molecule has 1 aliphatic heterocycles.